The number of hydrogen-bond donors (Lipinski definition) is 1. The van der Waals surface area contributed by atoms with E-state index in [0.717, 1.165) is 49.7 Å². The van der Waals surface area contributed by atoms with E-state index in [9.17, 15) is 4.79 Å². The summed E-state index contributed by atoms with van der Waals surface area (Å²) in [6.07, 6.45) is 3.36. The van der Waals surface area contributed by atoms with Crippen molar-refractivity contribution in [1.29, 1.82) is 0 Å². The Morgan fingerprint density at radius 2 is 1.86 bits per heavy atom. The lowest BCUT2D eigenvalue weighted by Crippen LogP contribution is -2.43. The fourth-order valence-corrected chi connectivity index (χ4v) is 3.21. The van der Waals surface area contributed by atoms with Gasteiger partial charge in [0.25, 0.3) is 0 Å². The summed E-state index contributed by atoms with van der Waals surface area (Å²) in [6.45, 7) is 7.89. The van der Waals surface area contributed by atoms with Gasteiger partial charge in [-0.25, -0.2) is 0 Å². The molecule has 1 saturated heterocycles. The van der Waals surface area contributed by atoms with Crippen molar-refractivity contribution in [2.75, 3.05) is 45.2 Å². The average Bonchev–Trinajstić information content (AvgIpc) is 2.70. The first-order valence-electron chi connectivity index (χ1n) is 9.84. The molecule has 0 aromatic heterocycles. The third-order valence-electron chi connectivity index (χ3n) is 4.81. The minimum absolute atomic E-state index is 0.134. The van der Waals surface area contributed by atoms with Crippen molar-refractivity contribution in [1.82, 2.24) is 9.80 Å². The Bertz CT molecular complexity index is 794. The molecular weight excluding hydrogens is 350 g/mol. The summed E-state index contributed by atoms with van der Waals surface area (Å²) < 4.78 is 5.43. The van der Waals surface area contributed by atoms with E-state index in [-0.39, 0.29) is 5.91 Å². The highest BCUT2D eigenvalue weighted by atomic mass is 16.5. The van der Waals surface area contributed by atoms with E-state index in [0.29, 0.717) is 6.61 Å². The summed E-state index contributed by atoms with van der Waals surface area (Å²) >= 11 is 0. The summed E-state index contributed by atoms with van der Waals surface area (Å²) in [5.74, 6) is 0.701. The van der Waals surface area contributed by atoms with Crippen LogP contribution in [0.2, 0.25) is 0 Å². The summed E-state index contributed by atoms with van der Waals surface area (Å²) in [5.41, 5.74) is 3.01. The number of amides is 1. The number of nitrogens with zero attached hydrogens (tertiary/aromatic N) is 2. The molecular formula is C23H29N3O2. The van der Waals surface area contributed by atoms with E-state index in [2.05, 4.69) is 34.3 Å². The highest BCUT2D eigenvalue weighted by Crippen LogP contribution is 2.15. The van der Waals surface area contributed by atoms with Crippen molar-refractivity contribution < 1.29 is 9.53 Å². The second kappa shape index (κ2) is 10.1. The molecule has 2 aromatic carbocycles. The number of hydrogen-bond acceptors (Lipinski definition) is 4. The molecule has 0 bridgehead atoms. The predicted octanol–water partition coefficient (Wildman–Crippen LogP) is 3.48. The average molecular weight is 380 g/mol. The highest BCUT2D eigenvalue weighted by Gasteiger charge is 2.13. The molecule has 0 saturated carbocycles. The van der Waals surface area contributed by atoms with Crippen LogP contribution in [0.4, 0.5) is 5.69 Å². The maximum atomic E-state index is 12.3. The Morgan fingerprint density at radius 3 is 2.57 bits per heavy atom. The van der Waals surface area contributed by atoms with Crippen LogP contribution in [0.1, 0.15) is 18.1 Å². The molecule has 0 aliphatic carbocycles. The van der Waals surface area contributed by atoms with Gasteiger partial charge >= 0.3 is 0 Å². The number of anilines is 1. The van der Waals surface area contributed by atoms with Crippen LogP contribution in [0.25, 0.3) is 6.08 Å². The van der Waals surface area contributed by atoms with E-state index in [1.165, 1.54) is 5.56 Å². The van der Waals surface area contributed by atoms with Crippen LogP contribution in [-0.4, -0.2) is 55.5 Å². The number of ether oxygens (including phenoxy) is 1. The van der Waals surface area contributed by atoms with E-state index >= 15 is 0 Å². The number of carbonyl (C=O) groups excluding carboxylic acids is 1. The van der Waals surface area contributed by atoms with Gasteiger partial charge in [0.1, 0.15) is 5.75 Å². The zero-order chi connectivity index (χ0) is 19.8. The lowest BCUT2D eigenvalue weighted by Gasteiger charge is -2.32. The minimum atomic E-state index is -0.134. The van der Waals surface area contributed by atoms with Gasteiger partial charge in [0, 0.05) is 44.5 Å². The summed E-state index contributed by atoms with van der Waals surface area (Å²) in [4.78, 5) is 17.1. The predicted molar refractivity (Wildman–Crippen MR) is 114 cm³/mol. The largest absolute Gasteiger partial charge is 0.494 e. The normalized spacial score (nSPS) is 15.6. The maximum absolute atomic E-state index is 12.3. The molecule has 5 heteroatoms. The molecule has 28 heavy (non-hydrogen) atoms. The SMILES string of the molecule is CCOc1ccc(/C=C/C(=O)Nc2cccc(CN3CCN(C)CC3)c2)cc1. The Morgan fingerprint density at radius 1 is 1.11 bits per heavy atom. The molecule has 1 amide bonds. The standard InChI is InChI=1S/C23H29N3O2/c1-3-28-22-10-7-19(8-11-22)9-12-23(27)24-21-6-4-5-20(17-21)18-26-15-13-25(2)14-16-26/h4-12,17H,3,13-16,18H2,1-2H3,(H,24,27)/b12-9+. The van der Waals surface area contributed by atoms with Crippen LogP contribution in [0.5, 0.6) is 5.75 Å². The van der Waals surface area contributed by atoms with Gasteiger partial charge in [-0.15, -0.1) is 0 Å². The second-order valence-electron chi connectivity index (χ2n) is 7.10. The Balaban J connectivity index is 1.53. The third-order valence-corrected chi connectivity index (χ3v) is 4.81. The molecule has 1 aliphatic rings. The van der Waals surface area contributed by atoms with Gasteiger partial charge < -0.3 is 15.0 Å². The van der Waals surface area contributed by atoms with Gasteiger partial charge in [0.15, 0.2) is 0 Å². The first kappa shape index (κ1) is 20.1. The number of carbonyl (C=O) groups is 1. The van der Waals surface area contributed by atoms with E-state index < -0.39 is 0 Å². The number of nitrogens with one attached hydrogen (secondary N) is 1. The molecule has 2 aromatic rings. The highest BCUT2D eigenvalue weighted by molar-refractivity contribution is 6.01. The molecule has 0 radical (unpaired) electrons. The number of benzene rings is 2. The van der Waals surface area contributed by atoms with Crippen molar-refractivity contribution in [3.05, 3.63) is 65.7 Å². The molecule has 0 atom stereocenters. The van der Waals surface area contributed by atoms with Crippen molar-refractivity contribution in [3.8, 4) is 5.75 Å². The van der Waals surface area contributed by atoms with Crippen LogP contribution < -0.4 is 10.1 Å². The molecule has 5 nitrogen and oxygen atoms in total. The molecule has 0 spiro atoms. The summed E-state index contributed by atoms with van der Waals surface area (Å²) in [6, 6.07) is 15.8. The number of likely N-dealkylation sites (N-methyl/N-ethyl adjacent to an activating group) is 1. The number of rotatable bonds is 7. The molecule has 1 heterocycles. The van der Waals surface area contributed by atoms with E-state index in [1.807, 2.05) is 43.3 Å². The van der Waals surface area contributed by atoms with Crippen LogP contribution >= 0.6 is 0 Å². The molecule has 0 unspecified atom stereocenters. The van der Waals surface area contributed by atoms with E-state index in [1.54, 1.807) is 12.2 Å². The lowest BCUT2D eigenvalue weighted by atomic mass is 10.1. The first-order valence-corrected chi connectivity index (χ1v) is 9.84. The fourth-order valence-electron chi connectivity index (χ4n) is 3.21. The Labute approximate surface area is 167 Å². The lowest BCUT2D eigenvalue weighted by molar-refractivity contribution is -0.111. The topological polar surface area (TPSA) is 44.8 Å². The molecule has 1 N–H and O–H groups in total. The number of piperazine rings is 1. The van der Waals surface area contributed by atoms with Gasteiger partial charge in [-0.2, -0.15) is 0 Å². The fraction of sp³-hybridized carbons (Fsp3) is 0.348. The maximum Gasteiger partial charge on any atom is 0.248 e. The molecule has 1 aliphatic heterocycles. The molecule has 3 rings (SSSR count). The quantitative estimate of drug-likeness (QED) is 0.748. The smallest absolute Gasteiger partial charge is 0.248 e. The molecule has 1 fully saturated rings. The van der Waals surface area contributed by atoms with Crippen LogP contribution in [0.15, 0.2) is 54.6 Å². The molecule has 148 valence electrons. The minimum Gasteiger partial charge on any atom is -0.494 e. The van der Waals surface area contributed by atoms with Crippen molar-refractivity contribution >= 4 is 17.7 Å². The van der Waals surface area contributed by atoms with Gasteiger partial charge in [0.2, 0.25) is 5.91 Å². The first-order chi connectivity index (χ1) is 13.6. The van der Waals surface area contributed by atoms with Gasteiger partial charge in [-0.1, -0.05) is 24.3 Å². The van der Waals surface area contributed by atoms with Crippen LogP contribution in [0, 0.1) is 0 Å². The zero-order valence-corrected chi connectivity index (χ0v) is 16.7. The Hall–Kier alpha value is -2.63. The summed E-state index contributed by atoms with van der Waals surface area (Å²) in [7, 11) is 2.16. The van der Waals surface area contributed by atoms with Crippen LogP contribution in [0.3, 0.4) is 0 Å². The van der Waals surface area contributed by atoms with Crippen molar-refractivity contribution in [2.45, 2.75) is 13.5 Å². The van der Waals surface area contributed by atoms with Crippen molar-refractivity contribution in [2.24, 2.45) is 0 Å². The van der Waals surface area contributed by atoms with E-state index in [4.69, 9.17) is 4.74 Å². The summed E-state index contributed by atoms with van der Waals surface area (Å²) in [5, 5.41) is 2.95. The van der Waals surface area contributed by atoms with Gasteiger partial charge in [-0.3, -0.25) is 9.69 Å². The van der Waals surface area contributed by atoms with Gasteiger partial charge in [0.05, 0.1) is 6.61 Å². The van der Waals surface area contributed by atoms with Crippen molar-refractivity contribution in [3.63, 3.8) is 0 Å². The van der Waals surface area contributed by atoms with Crippen LogP contribution in [-0.2, 0) is 11.3 Å². The monoisotopic (exact) mass is 379 g/mol. The second-order valence-corrected chi connectivity index (χ2v) is 7.10. The third kappa shape index (κ3) is 6.22. The van der Waals surface area contributed by atoms with Gasteiger partial charge in [-0.05, 0) is 55.4 Å². The zero-order valence-electron chi connectivity index (χ0n) is 16.7. The Kier molecular flexibility index (Phi) is 7.23.